The fourth-order valence-electron chi connectivity index (χ4n) is 2.98. The van der Waals surface area contributed by atoms with E-state index in [9.17, 15) is 0 Å². The van der Waals surface area contributed by atoms with Gasteiger partial charge in [-0.3, -0.25) is 0 Å². The average molecular weight is 218 g/mol. The van der Waals surface area contributed by atoms with Gasteiger partial charge in [-0.15, -0.1) is 0 Å². The molecule has 0 unspecified atom stereocenters. The third-order valence-corrected chi connectivity index (χ3v) is 3.95. The second kappa shape index (κ2) is 6.08. The van der Waals surface area contributed by atoms with Gasteiger partial charge in [-0.05, 0) is 29.7 Å². The van der Waals surface area contributed by atoms with Crippen molar-refractivity contribution < 1.29 is 0 Å². The van der Waals surface area contributed by atoms with E-state index in [0.29, 0.717) is 5.41 Å². The molecule has 2 rings (SSSR count). The van der Waals surface area contributed by atoms with E-state index < -0.39 is 0 Å². The molecule has 0 aliphatic heterocycles. The molecule has 1 saturated carbocycles. The number of hydrogen-bond donors (Lipinski definition) is 0. The van der Waals surface area contributed by atoms with E-state index in [0.717, 1.165) is 5.92 Å². The molecule has 1 aromatic carbocycles. The Hall–Kier alpha value is -0.780. The van der Waals surface area contributed by atoms with Gasteiger partial charge in [0.25, 0.3) is 0 Å². The molecule has 90 valence electrons. The van der Waals surface area contributed by atoms with Gasteiger partial charge in [0.1, 0.15) is 0 Å². The lowest BCUT2D eigenvalue weighted by Gasteiger charge is -2.34. The van der Waals surface area contributed by atoms with E-state index in [-0.39, 0.29) is 0 Å². The summed E-state index contributed by atoms with van der Waals surface area (Å²) in [6.07, 6.45) is 5.59. The zero-order valence-electron chi connectivity index (χ0n) is 11.3. The van der Waals surface area contributed by atoms with Crippen LogP contribution in [0.5, 0.6) is 0 Å². The minimum atomic E-state index is 0.487. The fourth-order valence-corrected chi connectivity index (χ4v) is 2.98. The summed E-state index contributed by atoms with van der Waals surface area (Å²) in [6, 6.07) is 11.1. The number of rotatable bonds is 2. The van der Waals surface area contributed by atoms with Crippen LogP contribution in [0.15, 0.2) is 30.3 Å². The molecule has 0 atom stereocenters. The Balaban J connectivity index is 0.000000606. The van der Waals surface area contributed by atoms with Gasteiger partial charge in [-0.1, -0.05) is 70.9 Å². The lowest BCUT2D eigenvalue weighted by Crippen LogP contribution is -2.28. The van der Waals surface area contributed by atoms with Crippen molar-refractivity contribution in [1.29, 1.82) is 0 Å². The maximum absolute atomic E-state index is 2.37. The zero-order valence-corrected chi connectivity index (χ0v) is 11.3. The second-order valence-corrected chi connectivity index (χ2v) is 4.88. The summed E-state index contributed by atoms with van der Waals surface area (Å²) in [4.78, 5) is 0. The van der Waals surface area contributed by atoms with Gasteiger partial charge in [0, 0.05) is 0 Å². The molecule has 0 radical (unpaired) electrons. The predicted molar refractivity (Wildman–Crippen MR) is 72.8 cm³/mol. The molecule has 0 amide bonds. The van der Waals surface area contributed by atoms with Gasteiger partial charge in [-0.25, -0.2) is 0 Å². The Morgan fingerprint density at radius 3 is 1.88 bits per heavy atom. The average Bonchev–Trinajstić information content (AvgIpc) is 2.83. The van der Waals surface area contributed by atoms with Crippen molar-refractivity contribution in [3.8, 4) is 0 Å². The predicted octanol–water partition coefficient (Wildman–Crippen LogP) is 5.18. The summed E-state index contributed by atoms with van der Waals surface area (Å²) in [6.45, 7) is 8.75. The standard InChI is InChI=1S/C14H20.C2H6/c1-12(2)14(10-6-7-11-14)13-8-4-3-5-9-13;1-2/h3-5,8-9,12H,6-7,10-11H2,1-2H3;1-2H3. The molecule has 1 aliphatic carbocycles. The third kappa shape index (κ3) is 2.48. The highest BCUT2D eigenvalue weighted by Crippen LogP contribution is 2.46. The van der Waals surface area contributed by atoms with Gasteiger partial charge < -0.3 is 0 Å². The molecule has 0 saturated heterocycles. The van der Waals surface area contributed by atoms with Gasteiger partial charge >= 0.3 is 0 Å². The first-order valence-electron chi connectivity index (χ1n) is 6.81. The van der Waals surface area contributed by atoms with Crippen LogP contribution in [0.4, 0.5) is 0 Å². The fraction of sp³-hybridized carbons (Fsp3) is 0.625. The third-order valence-electron chi connectivity index (χ3n) is 3.95. The van der Waals surface area contributed by atoms with Crippen molar-refractivity contribution in [2.24, 2.45) is 5.92 Å². The van der Waals surface area contributed by atoms with Crippen LogP contribution in [0.1, 0.15) is 58.9 Å². The van der Waals surface area contributed by atoms with Crippen LogP contribution in [0.2, 0.25) is 0 Å². The first-order chi connectivity index (χ1) is 7.76. The highest BCUT2D eigenvalue weighted by molar-refractivity contribution is 5.27. The van der Waals surface area contributed by atoms with Crippen LogP contribution in [0.25, 0.3) is 0 Å². The van der Waals surface area contributed by atoms with E-state index in [1.807, 2.05) is 13.8 Å². The first kappa shape index (κ1) is 13.3. The molecule has 0 nitrogen and oxygen atoms in total. The SMILES string of the molecule is CC.CC(C)C1(c2ccccc2)CCCC1. The molecule has 0 heteroatoms. The lowest BCUT2D eigenvalue weighted by atomic mass is 9.70. The van der Waals surface area contributed by atoms with Crippen LogP contribution in [-0.2, 0) is 5.41 Å². The normalized spacial score (nSPS) is 18.1. The Morgan fingerprint density at radius 1 is 0.938 bits per heavy atom. The van der Waals surface area contributed by atoms with E-state index in [1.54, 1.807) is 5.56 Å². The van der Waals surface area contributed by atoms with Crippen LogP contribution in [0, 0.1) is 5.92 Å². The maximum Gasteiger partial charge on any atom is -0.00240 e. The number of benzene rings is 1. The van der Waals surface area contributed by atoms with Crippen molar-refractivity contribution >= 4 is 0 Å². The quantitative estimate of drug-likeness (QED) is 0.641. The summed E-state index contributed by atoms with van der Waals surface area (Å²) in [5.41, 5.74) is 2.05. The molecule has 1 fully saturated rings. The lowest BCUT2D eigenvalue weighted by molar-refractivity contribution is 0.314. The monoisotopic (exact) mass is 218 g/mol. The molecule has 0 aromatic heterocycles. The zero-order chi connectivity index (χ0) is 12.0. The number of hydrogen-bond acceptors (Lipinski definition) is 0. The summed E-state index contributed by atoms with van der Waals surface area (Å²) in [5.74, 6) is 0.771. The summed E-state index contributed by atoms with van der Waals surface area (Å²) < 4.78 is 0. The Labute approximate surface area is 101 Å². The molecule has 1 aliphatic rings. The minimum Gasteiger partial charge on any atom is -0.0683 e. The Morgan fingerprint density at radius 2 is 1.44 bits per heavy atom. The van der Waals surface area contributed by atoms with Gasteiger partial charge in [0.2, 0.25) is 0 Å². The second-order valence-electron chi connectivity index (χ2n) is 4.88. The van der Waals surface area contributed by atoms with Gasteiger partial charge in [0.05, 0.1) is 0 Å². The van der Waals surface area contributed by atoms with Crippen LogP contribution >= 0.6 is 0 Å². The van der Waals surface area contributed by atoms with Gasteiger partial charge in [0.15, 0.2) is 0 Å². The molecular formula is C16H26. The molecule has 0 spiro atoms. The molecule has 0 heterocycles. The Kier molecular flexibility index (Phi) is 5.05. The van der Waals surface area contributed by atoms with Crippen LogP contribution in [-0.4, -0.2) is 0 Å². The molecule has 16 heavy (non-hydrogen) atoms. The van der Waals surface area contributed by atoms with Crippen LogP contribution in [0.3, 0.4) is 0 Å². The van der Waals surface area contributed by atoms with E-state index in [2.05, 4.69) is 44.2 Å². The highest BCUT2D eigenvalue weighted by Gasteiger charge is 2.37. The Bertz CT molecular complexity index is 278. The van der Waals surface area contributed by atoms with Crippen molar-refractivity contribution in [2.75, 3.05) is 0 Å². The van der Waals surface area contributed by atoms with Gasteiger partial charge in [-0.2, -0.15) is 0 Å². The topological polar surface area (TPSA) is 0 Å². The highest BCUT2D eigenvalue weighted by atomic mass is 14.4. The van der Waals surface area contributed by atoms with E-state index >= 15 is 0 Å². The molecule has 1 aromatic rings. The molecule has 0 bridgehead atoms. The van der Waals surface area contributed by atoms with Crippen molar-refractivity contribution in [2.45, 2.75) is 58.8 Å². The van der Waals surface area contributed by atoms with E-state index in [4.69, 9.17) is 0 Å². The minimum absolute atomic E-state index is 0.487. The first-order valence-corrected chi connectivity index (χ1v) is 6.81. The van der Waals surface area contributed by atoms with Crippen molar-refractivity contribution in [3.63, 3.8) is 0 Å². The molecule has 0 N–H and O–H groups in total. The van der Waals surface area contributed by atoms with Crippen LogP contribution < -0.4 is 0 Å². The summed E-state index contributed by atoms with van der Waals surface area (Å²) in [7, 11) is 0. The summed E-state index contributed by atoms with van der Waals surface area (Å²) in [5, 5.41) is 0. The smallest absolute Gasteiger partial charge is 0.00240 e. The molecular weight excluding hydrogens is 192 g/mol. The van der Waals surface area contributed by atoms with E-state index in [1.165, 1.54) is 25.7 Å². The largest absolute Gasteiger partial charge is 0.0683 e. The summed E-state index contributed by atoms with van der Waals surface area (Å²) >= 11 is 0. The maximum atomic E-state index is 2.37. The van der Waals surface area contributed by atoms with Crippen molar-refractivity contribution in [3.05, 3.63) is 35.9 Å². The van der Waals surface area contributed by atoms with Crippen molar-refractivity contribution in [1.82, 2.24) is 0 Å².